The zero-order chi connectivity index (χ0) is 16.0. The highest BCUT2D eigenvalue weighted by molar-refractivity contribution is 5.66. The SMILES string of the molecule is COc1ccc(C(C)C)cc1C(O)CN(C)CCC(=O)O. The van der Waals surface area contributed by atoms with Crippen molar-refractivity contribution in [3.05, 3.63) is 29.3 Å². The van der Waals surface area contributed by atoms with Crippen molar-refractivity contribution in [2.75, 3.05) is 27.2 Å². The molecular weight excluding hydrogens is 270 g/mol. The van der Waals surface area contributed by atoms with Crippen LogP contribution in [-0.4, -0.2) is 48.3 Å². The predicted octanol–water partition coefficient (Wildman–Crippen LogP) is 2.26. The van der Waals surface area contributed by atoms with Gasteiger partial charge < -0.3 is 19.8 Å². The van der Waals surface area contributed by atoms with Gasteiger partial charge in [-0.3, -0.25) is 4.79 Å². The molecule has 5 nitrogen and oxygen atoms in total. The van der Waals surface area contributed by atoms with Crippen molar-refractivity contribution in [2.24, 2.45) is 0 Å². The molecule has 0 aliphatic rings. The molecule has 0 heterocycles. The van der Waals surface area contributed by atoms with Gasteiger partial charge in [-0.05, 0) is 30.7 Å². The first-order chi connectivity index (χ1) is 9.85. The van der Waals surface area contributed by atoms with Crippen LogP contribution in [0.5, 0.6) is 5.75 Å². The average Bonchev–Trinajstić information content (AvgIpc) is 2.44. The van der Waals surface area contributed by atoms with Gasteiger partial charge in [-0.25, -0.2) is 0 Å². The number of likely N-dealkylation sites (N-methyl/N-ethyl adjacent to an activating group) is 1. The van der Waals surface area contributed by atoms with Crippen LogP contribution < -0.4 is 4.74 Å². The lowest BCUT2D eigenvalue weighted by Crippen LogP contribution is -2.27. The smallest absolute Gasteiger partial charge is 0.304 e. The highest BCUT2D eigenvalue weighted by Gasteiger charge is 2.17. The normalized spacial score (nSPS) is 12.7. The number of nitrogens with zero attached hydrogens (tertiary/aromatic N) is 1. The van der Waals surface area contributed by atoms with Crippen molar-refractivity contribution in [2.45, 2.75) is 32.3 Å². The van der Waals surface area contributed by atoms with Crippen molar-refractivity contribution in [1.29, 1.82) is 0 Å². The Morgan fingerprint density at radius 1 is 1.38 bits per heavy atom. The number of carboxylic acid groups (broad SMARTS) is 1. The Kier molecular flexibility index (Phi) is 6.65. The maximum absolute atomic E-state index is 10.6. The first-order valence-electron chi connectivity index (χ1n) is 7.11. The van der Waals surface area contributed by atoms with Gasteiger partial charge in [0.1, 0.15) is 5.75 Å². The molecule has 5 heteroatoms. The molecule has 1 aromatic carbocycles. The van der Waals surface area contributed by atoms with E-state index < -0.39 is 12.1 Å². The highest BCUT2D eigenvalue weighted by Crippen LogP contribution is 2.29. The molecule has 1 aromatic rings. The van der Waals surface area contributed by atoms with Crippen LogP contribution >= 0.6 is 0 Å². The molecule has 1 atom stereocenters. The molecule has 0 bridgehead atoms. The van der Waals surface area contributed by atoms with Crippen molar-refractivity contribution < 1.29 is 19.7 Å². The number of aliphatic carboxylic acids is 1. The lowest BCUT2D eigenvalue weighted by molar-refractivity contribution is -0.137. The number of carbonyl (C=O) groups is 1. The van der Waals surface area contributed by atoms with E-state index in [1.54, 1.807) is 19.1 Å². The molecular formula is C16H25NO4. The number of carboxylic acids is 1. The number of aliphatic hydroxyl groups is 1. The predicted molar refractivity (Wildman–Crippen MR) is 81.8 cm³/mol. The summed E-state index contributed by atoms with van der Waals surface area (Å²) in [6, 6.07) is 5.82. The van der Waals surface area contributed by atoms with Crippen molar-refractivity contribution in [1.82, 2.24) is 4.90 Å². The summed E-state index contributed by atoms with van der Waals surface area (Å²) in [4.78, 5) is 12.4. The summed E-state index contributed by atoms with van der Waals surface area (Å²) in [5, 5.41) is 19.1. The number of ether oxygens (including phenoxy) is 1. The third-order valence-electron chi connectivity index (χ3n) is 3.47. The van der Waals surface area contributed by atoms with Gasteiger partial charge in [-0.2, -0.15) is 0 Å². The number of hydrogen-bond acceptors (Lipinski definition) is 4. The van der Waals surface area contributed by atoms with Gasteiger partial charge in [-0.1, -0.05) is 19.9 Å². The summed E-state index contributed by atoms with van der Waals surface area (Å²) in [5.41, 5.74) is 1.88. The lowest BCUT2D eigenvalue weighted by atomic mass is 9.97. The molecule has 1 unspecified atom stereocenters. The third kappa shape index (κ3) is 5.36. The summed E-state index contributed by atoms with van der Waals surface area (Å²) in [6.07, 6.45) is -0.649. The van der Waals surface area contributed by atoms with Gasteiger partial charge in [0.15, 0.2) is 0 Å². The number of rotatable bonds is 8. The molecule has 1 rings (SSSR count). The van der Waals surface area contributed by atoms with E-state index in [9.17, 15) is 9.90 Å². The van der Waals surface area contributed by atoms with Crippen LogP contribution in [0.1, 0.15) is 43.4 Å². The molecule has 0 spiro atoms. The fourth-order valence-corrected chi connectivity index (χ4v) is 2.14. The Morgan fingerprint density at radius 2 is 2.05 bits per heavy atom. The highest BCUT2D eigenvalue weighted by atomic mass is 16.5. The van der Waals surface area contributed by atoms with Crippen LogP contribution in [0.25, 0.3) is 0 Å². The Morgan fingerprint density at radius 3 is 2.57 bits per heavy atom. The van der Waals surface area contributed by atoms with Crippen LogP contribution in [0.4, 0.5) is 0 Å². The molecule has 0 aromatic heterocycles. The molecule has 0 saturated carbocycles. The first-order valence-corrected chi connectivity index (χ1v) is 7.11. The minimum absolute atomic E-state index is 0.0619. The molecule has 0 amide bonds. The maximum atomic E-state index is 10.6. The topological polar surface area (TPSA) is 70.0 Å². The van der Waals surface area contributed by atoms with Crippen molar-refractivity contribution in [3.8, 4) is 5.75 Å². The van der Waals surface area contributed by atoms with Crippen molar-refractivity contribution in [3.63, 3.8) is 0 Å². The molecule has 21 heavy (non-hydrogen) atoms. The van der Waals surface area contributed by atoms with Gasteiger partial charge in [0.2, 0.25) is 0 Å². The molecule has 118 valence electrons. The first kappa shape index (κ1) is 17.5. The fourth-order valence-electron chi connectivity index (χ4n) is 2.14. The second kappa shape index (κ2) is 8.00. The monoisotopic (exact) mass is 295 g/mol. The fraction of sp³-hybridized carbons (Fsp3) is 0.562. The zero-order valence-corrected chi connectivity index (χ0v) is 13.2. The van der Waals surface area contributed by atoms with Gasteiger partial charge in [0.05, 0.1) is 19.6 Å². The summed E-state index contributed by atoms with van der Waals surface area (Å²) in [6.45, 7) is 4.96. The molecule has 0 aliphatic heterocycles. The Balaban J connectivity index is 2.82. The van der Waals surface area contributed by atoms with Crippen molar-refractivity contribution >= 4 is 5.97 Å². The summed E-state index contributed by atoms with van der Waals surface area (Å²) in [5.74, 6) is 0.181. The number of methoxy groups -OCH3 is 1. The van der Waals surface area contributed by atoms with Crippen LogP contribution in [0.15, 0.2) is 18.2 Å². The van der Waals surface area contributed by atoms with Gasteiger partial charge in [0.25, 0.3) is 0 Å². The maximum Gasteiger partial charge on any atom is 0.304 e. The summed E-state index contributed by atoms with van der Waals surface area (Å²) >= 11 is 0. The van der Waals surface area contributed by atoms with Gasteiger partial charge >= 0.3 is 5.97 Å². The summed E-state index contributed by atoms with van der Waals surface area (Å²) in [7, 11) is 3.37. The average molecular weight is 295 g/mol. The standard InChI is InChI=1S/C16H25NO4/c1-11(2)12-5-6-15(21-4)13(9-12)14(18)10-17(3)8-7-16(19)20/h5-6,9,11,14,18H,7-8,10H2,1-4H3,(H,19,20). The zero-order valence-electron chi connectivity index (χ0n) is 13.2. The van der Waals surface area contributed by atoms with Crippen LogP contribution in [0.3, 0.4) is 0 Å². The van der Waals surface area contributed by atoms with E-state index in [1.807, 2.05) is 18.2 Å². The molecule has 0 fully saturated rings. The quantitative estimate of drug-likeness (QED) is 0.770. The van der Waals surface area contributed by atoms with Gasteiger partial charge in [-0.15, -0.1) is 0 Å². The van der Waals surface area contributed by atoms with E-state index in [1.165, 1.54) is 0 Å². The number of aliphatic hydroxyl groups excluding tert-OH is 1. The van der Waals surface area contributed by atoms with E-state index >= 15 is 0 Å². The van der Waals surface area contributed by atoms with E-state index in [0.29, 0.717) is 24.8 Å². The summed E-state index contributed by atoms with van der Waals surface area (Å²) < 4.78 is 5.31. The second-order valence-corrected chi connectivity index (χ2v) is 5.58. The molecule has 0 saturated heterocycles. The molecule has 2 N–H and O–H groups in total. The largest absolute Gasteiger partial charge is 0.496 e. The Hall–Kier alpha value is -1.59. The molecule has 0 radical (unpaired) electrons. The van der Waals surface area contributed by atoms with Gasteiger partial charge in [0, 0.05) is 18.7 Å². The van der Waals surface area contributed by atoms with Crippen LogP contribution in [0.2, 0.25) is 0 Å². The van der Waals surface area contributed by atoms with E-state index in [4.69, 9.17) is 9.84 Å². The third-order valence-corrected chi connectivity index (χ3v) is 3.47. The van der Waals surface area contributed by atoms with E-state index in [-0.39, 0.29) is 6.42 Å². The Labute approximate surface area is 126 Å². The lowest BCUT2D eigenvalue weighted by Gasteiger charge is -2.22. The van der Waals surface area contributed by atoms with E-state index in [2.05, 4.69) is 13.8 Å². The molecule has 0 aliphatic carbocycles. The van der Waals surface area contributed by atoms with E-state index in [0.717, 1.165) is 11.1 Å². The minimum atomic E-state index is -0.837. The minimum Gasteiger partial charge on any atom is -0.496 e. The number of benzene rings is 1. The van der Waals surface area contributed by atoms with Crippen LogP contribution in [0, 0.1) is 0 Å². The number of hydrogen-bond donors (Lipinski definition) is 2. The second-order valence-electron chi connectivity index (χ2n) is 5.58. The van der Waals surface area contributed by atoms with Crippen LogP contribution in [-0.2, 0) is 4.79 Å². The Bertz CT molecular complexity index is 473.